The molecule has 1 heterocycles. The number of benzene rings is 1. The van der Waals surface area contributed by atoms with Crippen LogP contribution < -0.4 is 0 Å². The van der Waals surface area contributed by atoms with Crippen LogP contribution in [0.1, 0.15) is 13.3 Å². The van der Waals surface area contributed by atoms with Crippen molar-refractivity contribution in [2.45, 2.75) is 24.3 Å². The number of aliphatic hydroxyl groups is 1. The number of β-amino-alcohol motifs (C(OH)–C–C–N with tert-alkyl or cyclic N) is 1. The van der Waals surface area contributed by atoms with E-state index >= 15 is 0 Å². The quantitative estimate of drug-likeness (QED) is 0.874. The van der Waals surface area contributed by atoms with Gasteiger partial charge in [-0.3, -0.25) is 4.90 Å². The molecule has 1 N–H and O–H groups in total. The van der Waals surface area contributed by atoms with Gasteiger partial charge in [-0.1, -0.05) is 6.92 Å². The van der Waals surface area contributed by atoms with Crippen molar-refractivity contribution in [1.82, 2.24) is 9.21 Å². The fraction of sp³-hybridized carbons (Fsp3) is 0.571. The van der Waals surface area contributed by atoms with Crippen molar-refractivity contribution in [3.05, 3.63) is 29.8 Å². The highest BCUT2D eigenvalue weighted by Gasteiger charge is 2.31. The minimum atomic E-state index is -4.04. The largest absolute Gasteiger partial charge is 0.392 e. The third kappa shape index (κ3) is 3.81. The SMILES string of the molecule is CC[C@@H](O)CN1CCN(S(=O)(=O)c2cc(F)ccc2F)CC1. The molecular weight excluding hydrogens is 314 g/mol. The van der Waals surface area contributed by atoms with Gasteiger partial charge in [0.2, 0.25) is 10.0 Å². The first kappa shape index (κ1) is 17.3. The van der Waals surface area contributed by atoms with Gasteiger partial charge in [0.1, 0.15) is 16.5 Å². The first-order chi connectivity index (χ1) is 10.3. The van der Waals surface area contributed by atoms with Crippen LogP contribution in [-0.4, -0.2) is 61.6 Å². The lowest BCUT2D eigenvalue weighted by atomic mass is 10.2. The van der Waals surface area contributed by atoms with Gasteiger partial charge in [-0.2, -0.15) is 4.31 Å². The summed E-state index contributed by atoms with van der Waals surface area (Å²) in [4.78, 5) is 1.33. The smallest absolute Gasteiger partial charge is 0.246 e. The van der Waals surface area contributed by atoms with Crippen molar-refractivity contribution in [3.8, 4) is 0 Å². The molecule has 0 spiro atoms. The maximum atomic E-state index is 13.7. The molecule has 1 aliphatic rings. The maximum Gasteiger partial charge on any atom is 0.246 e. The van der Waals surface area contributed by atoms with Crippen LogP contribution in [-0.2, 0) is 10.0 Å². The normalized spacial score (nSPS) is 19.3. The molecule has 8 heteroatoms. The van der Waals surface area contributed by atoms with Crippen molar-refractivity contribution in [2.75, 3.05) is 32.7 Å². The monoisotopic (exact) mass is 334 g/mol. The third-order valence-corrected chi connectivity index (χ3v) is 5.70. The zero-order chi connectivity index (χ0) is 16.3. The van der Waals surface area contributed by atoms with E-state index in [2.05, 4.69) is 0 Å². The second kappa shape index (κ2) is 6.99. The van der Waals surface area contributed by atoms with Crippen LogP contribution in [0, 0.1) is 11.6 Å². The van der Waals surface area contributed by atoms with Crippen molar-refractivity contribution in [2.24, 2.45) is 0 Å². The van der Waals surface area contributed by atoms with E-state index in [1.807, 2.05) is 11.8 Å². The molecule has 22 heavy (non-hydrogen) atoms. The number of hydrogen-bond acceptors (Lipinski definition) is 4. The molecule has 5 nitrogen and oxygen atoms in total. The summed E-state index contributed by atoms with van der Waals surface area (Å²) in [6.45, 7) is 3.64. The van der Waals surface area contributed by atoms with Gasteiger partial charge in [0, 0.05) is 32.7 Å². The summed E-state index contributed by atoms with van der Waals surface area (Å²) in [6, 6.07) is 2.41. The summed E-state index contributed by atoms with van der Waals surface area (Å²) < 4.78 is 52.8. The summed E-state index contributed by atoms with van der Waals surface area (Å²) in [5.41, 5.74) is 0. The lowest BCUT2D eigenvalue weighted by molar-refractivity contribution is 0.0896. The Labute approximate surface area is 129 Å². The van der Waals surface area contributed by atoms with Gasteiger partial charge in [-0.05, 0) is 24.6 Å². The van der Waals surface area contributed by atoms with E-state index in [9.17, 15) is 22.3 Å². The molecular formula is C14H20F2N2O3S. The predicted molar refractivity (Wildman–Crippen MR) is 77.9 cm³/mol. The number of halogens is 2. The van der Waals surface area contributed by atoms with Crippen LogP contribution in [0.15, 0.2) is 23.1 Å². The predicted octanol–water partition coefficient (Wildman–Crippen LogP) is 1.04. The number of aliphatic hydroxyl groups excluding tert-OH is 1. The molecule has 1 aliphatic heterocycles. The van der Waals surface area contributed by atoms with E-state index in [1.165, 1.54) is 0 Å². The lowest BCUT2D eigenvalue weighted by Gasteiger charge is -2.34. The van der Waals surface area contributed by atoms with E-state index < -0.39 is 32.7 Å². The van der Waals surface area contributed by atoms with Gasteiger partial charge < -0.3 is 5.11 Å². The number of piperazine rings is 1. The third-order valence-electron chi connectivity index (χ3n) is 3.78. The van der Waals surface area contributed by atoms with Crippen LogP contribution in [0.3, 0.4) is 0 Å². The fourth-order valence-corrected chi connectivity index (χ4v) is 3.89. The number of hydrogen-bond donors (Lipinski definition) is 1. The summed E-state index contributed by atoms with van der Waals surface area (Å²) >= 11 is 0. The Balaban J connectivity index is 2.08. The van der Waals surface area contributed by atoms with Crippen molar-refractivity contribution < 1.29 is 22.3 Å². The van der Waals surface area contributed by atoms with Crippen LogP contribution in [0.5, 0.6) is 0 Å². The van der Waals surface area contributed by atoms with E-state index in [0.717, 1.165) is 16.4 Å². The molecule has 0 amide bonds. The summed E-state index contributed by atoms with van der Waals surface area (Å²) in [6.07, 6.45) is 0.191. The van der Waals surface area contributed by atoms with E-state index in [1.54, 1.807) is 0 Å². The molecule has 0 radical (unpaired) electrons. The Morgan fingerprint density at radius 1 is 1.23 bits per heavy atom. The molecule has 124 valence electrons. The molecule has 0 aromatic heterocycles. The number of sulfonamides is 1. The topological polar surface area (TPSA) is 60.9 Å². The molecule has 1 atom stereocenters. The second-order valence-corrected chi connectivity index (χ2v) is 7.25. The van der Waals surface area contributed by atoms with Crippen LogP contribution in [0.25, 0.3) is 0 Å². The highest BCUT2D eigenvalue weighted by molar-refractivity contribution is 7.89. The molecule has 1 fully saturated rings. The van der Waals surface area contributed by atoms with Gasteiger partial charge in [0.05, 0.1) is 6.10 Å². The first-order valence-corrected chi connectivity index (χ1v) is 8.64. The highest BCUT2D eigenvalue weighted by atomic mass is 32.2. The van der Waals surface area contributed by atoms with Gasteiger partial charge in [0.15, 0.2) is 0 Å². The Morgan fingerprint density at radius 3 is 2.45 bits per heavy atom. The fourth-order valence-electron chi connectivity index (χ4n) is 2.39. The minimum Gasteiger partial charge on any atom is -0.392 e. The zero-order valence-electron chi connectivity index (χ0n) is 12.4. The Hall–Kier alpha value is -1.09. The van der Waals surface area contributed by atoms with Crippen molar-refractivity contribution >= 4 is 10.0 Å². The Bertz CT molecular complexity index is 617. The van der Waals surface area contributed by atoms with Crippen molar-refractivity contribution in [3.63, 3.8) is 0 Å². The molecule has 0 saturated carbocycles. The molecule has 0 unspecified atom stereocenters. The van der Waals surface area contributed by atoms with E-state index in [-0.39, 0.29) is 13.1 Å². The van der Waals surface area contributed by atoms with Gasteiger partial charge >= 0.3 is 0 Å². The van der Waals surface area contributed by atoms with Gasteiger partial charge in [0.25, 0.3) is 0 Å². The summed E-state index contributed by atoms with van der Waals surface area (Å²) in [5, 5.41) is 9.62. The van der Waals surface area contributed by atoms with Gasteiger partial charge in [-0.15, -0.1) is 0 Å². The number of nitrogens with zero attached hydrogens (tertiary/aromatic N) is 2. The van der Waals surface area contributed by atoms with E-state index in [0.29, 0.717) is 32.1 Å². The molecule has 1 aromatic rings. The zero-order valence-corrected chi connectivity index (χ0v) is 13.2. The lowest BCUT2D eigenvalue weighted by Crippen LogP contribution is -2.50. The van der Waals surface area contributed by atoms with Crippen LogP contribution >= 0.6 is 0 Å². The van der Waals surface area contributed by atoms with Gasteiger partial charge in [-0.25, -0.2) is 17.2 Å². The van der Waals surface area contributed by atoms with Crippen molar-refractivity contribution in [1.29, 1.82) is 0 Å². The summed E-state index contributed by atoms with van der Waals surface area (Å²) in [5.74, 6) is -1.74. The summed E-state index contributed by atoms with van der Waals surface area (Å²) in [7, 11) is -4.04. The Morgan fingerprint density at radius 2 is 1.86 bits per heavy atom. The molecule has 1 aromatic carbocycles. The van der Waals surface area contributed by atoms with Crippen LogP contribution in [0.4, 0.5) is 8.78 Å². The number of rotatable bonds is 5. The first-order valence-electron chi connectivity index (χ1n) is 7.20. The standard InChI is InChI=1S/C14H20F2N2O3S/c1-2-12(19)10-17-5-7-18(8-6-17)22(20,21)14-9-11(15)3-4-13(14)16/h3-4,9,12,19H,2,5-8,10H2,1H3/t12-/m1/s1. The molecule has 0 aliphatic carbocycles. The van der Waals surface area contributed by atoms with Crippen LogP contribution in [0.2, 0.25) is 0 Å². The molecule has 2 rings (SSSR count). The second-order valence-electron chi connectivity index (χ2n) is 5.34. The molecule has 1 saturated heterocycles. The maximum absolute atomic E-state index is 13.7. The average molecular weight is 334 g/mol. The average Bonchev–Trinajstić information content (AvgIpc) is 2.50. The Kier molecular flexibility index (Phi) is 5.49. The molecule has 0 bridgehead atoms. The highest BCUT2D eigenvalue weighted by Crippen LogP contribution is 2.21. The minimum absolute atomic E-state index is 0.189. The van der Waals surface area contributed by atoms with E-state index in [4.69, 9.17) is 0 Å².